The normalized spacial score (nSPS) is 18.5. The van der Waals surface area contributed by atoms with Crippen molar-refractivity contribution in [2.45, 2.75) is 25.9 Å². The van der Waals surface area contributed by atoms with Gasteiger partial charge in [-0.1, -0.05) is 25.1 Å². The summed E-state index contributed by atoms with van der Waals surface area (Å²) in [5, 5.41) is 3.26. The van der Waals surface area contributed by atoms with E-state index in [2.05, 4.69) is 24.1 Å². The SMILES string of the molecule is CCN(C1CNC1)C(C)c1ccccc1F. The van der Waals surface area contributed by atoms with E-state index in [0.29, 0.717) is 6.04 Å². The fourth-order valence-corrected chi connectivity index (χ4v) is 2.35. The van der Waals surface area contributed by atoms with Gasteiger partial charge in [0, 0.05) is 30.7 Å². The van der Waals surface area contributed by atoms with Gasteiger partial charge in [0.1, 0.15) is 5.82 Å². The lowest BCUT2D eigenvalue weighted by molar-refractivity contribution is 0.108. The zero-order valence-corrected chi connectivity index (χ0v) is 9.91. The van der Waals surface area contributed by atoms with E-state index in [1.165, 1.54) is 0 Å². The minimum Gasteiger partial charge on any atom is -0.314 e. The number of halogens is 1. The summed E-state index contributed by atoms with van der Waals surface area (Å²) in [7, 11) is 0. The topological polar surface area (TPSA) is 15.3 Å². The number of benzene rings is 1. The third kappa shape index (κ3) is 2.11. The van der Waals surface area contributed by atoms with Crippen LogP contribution in [0.3, 0.4) is 0 Å². The second-order valence-corrected chi connectivity index (χ2v) is 4.34. The predicted molar refractivity (Wildman–Crippen MR) is 63.9 cm³/mol. The van der Waals surface area contributed by atoms with Crippen LogP contribution in [-0.4, -0.2) is 30.6 Å². The Hall–Kier alpha value is -0.930. The standard InChI is InChI=1S/C13H19FN2/c1-3-16(11-8-15-9-11)10(2)12-6-4-5-7-13(12)14/h4-7,10-11,15H,3,8-9H2,1-2H3. The Morgan fingerprint density at radius 3 is 2.62 bits per heavy atom. The summed E-state index contributed by atoms with van der Waals surface area (Å²) in [4.78, 5) is 2.36. The molecule has 1 saturated heterocycles. The first-order chi connectivity index (χ1) is 7.74. The van der Waals surface area contributed by atoms with Crippen LogP contribution in [-0.2, 0) is 0 Å². The third-order valence-electron chi connectivity index (χ3n) is 3.45. The van der Waals surface area contributed by atoms with E-state index >= 15 is 0 Å². The van der Waals surface area contributed by atoms with Crippen LogP contribution >= 0.6 is 0 Å². The molecule has 0 saturated carbocycles. The van der Waals surface area contributed by atoms with Crippen molar-refractivity contribution in [3.05, 3.63) is 35.6 Å². The fraction of sp³-hybridized carbons (Fsp3) is 0.538. The molecule has 1 aliphatic heterocycles. The quantitative estimate of drug-likeness (QED) is 0.840. The van der Waals surface area contributed by atoms with Crippen molar-refractivity contribution in [2.75, 3.05) is 19.6 Å². The third-order valence-corrected chi connectivity index (χ3v) is 3.45. The molecule has 1 unspecified atom stereocenters. The molecule has 1 aromatic carbocycles. The van der Waals surface area contributed by atoms with Crippen LogP contribution in [0.2, 0.25) is 0 Å². The first-order valence-electron chi connectivity index (χ1n) is 5.95. The highest BCUT2D eigenvalue weighted by Crippen LogP contribution is 2.25. The Balaban J connectivity index is 2.16. The van der Waals surface area contributed by atoms with Gasteiger partial charge < -0.3 is 5.32 Å². The average molecular weight is 222 g/mol. The summed E-state index contributed by atoms with van der Waals surface area (Å²) in [5.41, 5.74) is 0.802. The van der Waals surface area contributed by atoms with Gasteiger partial charge in [-0.05, 0) is 19.5 Å². The van der Waals surface area contributed by atoms with Gasteiger partial charge in [0.05, 0.1) is 0 Å². The molecule has 2 rings (SSSR count). The number of hydrogen-bond acceptors (Lipinski definition) is 2. The molecule has 0 spiro atoms. The molecule has 1 atom stereocenters. The largest absolute Gasteiger partial charge is 0.314 e. The Morgan fingerprint density at radius 2 is 2.12 bits per heavy atom. The summed E-state index contributed by atoms with van der Waals surface area (Å²) in [5.74, 6) is -0.0965. The van der Waals surface area contributed by atoms with E-state index in [1.807, 2.05) is 12.1 Å². The van der Waals surface area contributed by atoms with Gasteiger partial charge in [-0.25, -0.2) is 4.39 Å². The summed E-state index contributed by atoms with van der Waals surface area (Å²) < 4.78 is 13.7. The lowest BCUT2D eigenvalue weighted by atomic mass is 10.0. The molecular weight excluding hydrogens is 203 g/mol. The van der Waals surface area contributed by atoms with E-state index in [9.17, 15) is 4.39 Å². The number of likely N-dealkylation sites (N-methyl/N-ethyl adjacent to an activating group) is 1. The Morgan fingerprint density at radius 1 is 1.44 bits per heavy atom. The summed E-state index contributed by atoms with van der Waals surface area (Å²) in [6.07, 6.45) is 0. The molecule has 0 aliphatic carbocycles. The van der Waals surface area contributed by atoms with Crippen molar-refractivity contribution in [3.8, 4) is 0 Å². The van der Waals surface area contributed by atoms with Gasteiger partial charge in [0.25, 0.3) is 0 Å². The molecule has 3 heteroatoms. The van der Waals surface area contributed by atoms with E-state index in [4.69, 9.17) is 0 Å². The van der Waals surface area contributed by atoms with Crippen molar-refractivity contribution < 1.29 is 4.39 Å². The van der Waals surface area contributed by atoms with Gasteiger partial charge in [0.15, 0.2) is 0 Å². The minimum atomic E-state index is -0.0965. The Labute approximate surface area is 96.5 Å². The van der Waals surface area contributed by atoms with Gasteiger partial charge >= 0.3 is 0 Å². The van der Waals surface area contributed by atoms with E-state index in [1.54, 1.807) is 12.1 Å². The van der Waals surface area contributed by atoms with E-state index in [0.717, 1.165) is 25.2 Å². The summed E-state index contributed by atoms with van der Waals surface area (Å²) in [6.45, 7) is 7.22. The molecule has 0 aromatic heterocycles. The van der Waals surface area contributed by atoms with E-state index in [-0.39, 0.29) is 11.9 Å². The molecule has 16 heavy (non-hydrogen) atoms. The molecule has 1 heterocycles. The van der Waals surface area contributed by atoms with Gasteiger partial charge in [-0.2, -0.15) is 0 Å². The summed E-state index contributed by atoms with van der Waals surface area (Å²) in [6, 6.07) is 7.78. The number of rotatable bonds is 4. The van der Waals surface area contributed by atoms with Crippen molar-refractivity contribution in [3.63, 3.8) is 0 Å². The number of nitrogens with zero attached hydrogens (tertiary/aromatic N) is 1. The second-order valence-electron chi connectivity index (χ2n) is 4.34. The van der Waals surface area contributed by atoms with Crippen LogP contribution in [0, 0.1) is 5.82 Å². The predicted octanol–water partition coefficient (Wildman–Crippen LogP) is 2.18. The van der Waals surface area contributed by atoms with Crippen LogP contribution in [0.15, 0.2) is 24.3 Å². The minimum absolute atomic E-state index is 0.0965. The maximum Gasteiger partial charge on any atom is 0.127 e. The maximum atomic E-state index is 13.7. The molecule has 1 fully saturated rings. The first-order valence-corrected chi connectivity index (χ1v) is 5.95. The molecule has 0 radical (unpaired) electrons. The lowest BCUT2D eigenvalue weighted by Gasteiger charge is -2.41. The van der Waals surface area contributed by atoms with E-state index < -0.39 is 0 Å². The molecule has 0 bridgehead atoms. The number of nitrogens with one attached hydrogen (secondary N) is 1. The Kier molecular flexibility index (Phi) is 3.56. The average Bonchev–Trinajstić information content (AvgIpc) is 2.23. The Bertz CT molecular complexity index is 350. The second kappa shape index (κ2) is 4.93. The molecule has 88 valence electrons. The zero-order valence-electron chi connectivity index (χ0n) is 9.91. The van der Waals surface area contributed by atoms with Gasteiger partial charge in [-0.3, -0.25) is 4.90 Å². The molecular formula is C13H19FN2. The van der Waals surface area contributed by atoms with Crippen molar-refractivity contribution in [1.82, 2.24) is 10.2 Å². The number of hydrogen-bond donors (Lipinski definition) is 1. The molecule has 1 aliphatic rings. The van der Waals surface area contributed by atoms with Crippen LogP contribution in [0.25, 0.3) is 0 Å². The molecule has 0 amide bonds. The van der Waals surface area contributed by atoms with Crippen molar-refractivity contribution >= 4 is 0 Å². The molecule has 1 N–H and O–H groups in total. The smallest absolute Gasteiger partial charge is 0.127 e. The van der Waals surface area contributed by atoms with Gasteiger partial charge in [0.2, 0.25) is 0 Å². The summed E-state index contributed by atoms with van der Waals surface area (Å²) >= 11 is 0. The monoisotopic (exact) mass is 222 g/mol. The highest BCUT2D eigenvalue weighted by molar-refractivity contribution is 5.21. The van der Waals surface area contributed by atoms with Crippen LogP contribution in [0.4, 0.5) is 4.39 Å². The van der Waals surface area contributed by atoms with Crippen LogP contribution in [0.1, 0.15) is 25.5 Å². The molecule has 1 aromatic rings. The maximum absolute atomic E-state index is 13.7. The van der Waals surface area contributed by atoms with Gasteiger partial charge in [-0.15, -0.1) is 0 Å². The van der Waals surface area contributed by atoms with Crippen LogP contribution < -0.4 is 5.32 Å². The van der Waals surface area contributed by atoms with Crippen LogP contribution in [0.5, 0.6) is 0 Å². The zero-order chi connectivity index (χ0) is 11.5. The lowest BCUT2D eigenvalue weighted by Crippen LogP contribution is -2.57. The van der Waals surface area contributed by atoms with Crippen molar-refractivity contribution in [2.24, 2.45) is 0 Å². The highest BCUT2D eigenvalue weighted by Gasteiger charge is 2.28. The van der Waals surface area contributed by atoms with Crippen molar-refractivity contribution in [1.29, 1.82) is 0 Å². The molecule has 2 nitrogen and oxygen atoms in total. The first kappa shape index (κ1) is 11.6. The highest BCUT2D eigenvalue weighted by atomic mass is 19.1. The fourth-order valence-electron chi connectivity index (χ4n) is 2.35.